The minimum Gasteiger partial charge on any atom is -0.328 e. The number of benzene rings is 1. The molecule has 17 heavy (non-hydrogen) atoms. The minimum atomic E-state index is -0.348. The molecular weight excluding hydrogens is 220 g/mol. The van der Waals surface area contributed by atoms with Gasteiger partial charge in [-0.3, -0.25) is 19.3 Å². The molecule has 0 saturated heterocycles. The maximum Gasteiger partial charge on any atom is 0.263 e. The van der Waals surface area contributed by atoms with Crippen molar-refractivity contribution in [2.45, 2.75) is 6.92 Å². The van der Waals surface area contributed by atoms with Crippen LogP contribution in [0.25, 0.3) is 0 Å². The Balaban J connectivity index is 2.27. The molecular formula is C12H12N2O3. The molecule has 0 radical (unpaired) electrons. The summed E-state index contributed by atoms with van der Waals surface area (Å²) in [7, 11) is 1.55. The van der Waals surface area contributed by atoms with E-state index >= 15 is 0 Å². The van der Waals surface area contributed by atoms with Gasteiger partial charge in [0.15, 0.2) is 0 Å². The van der Waals surface area contributed by atoms with Crippen LogP contribution >= 0.6 is 0 Å². The molecule has 0 spiro atoms. The first kappa shape index (κ1) is 11.3. The average Bonchev–Trinajstić information content (AvgIpc) is 2.55. The van der Waals surface area contributed by atoms with Gasteiger partial charge in [0.1, 0.15) is 6.67 Å². The van der Waals surface area contributed by atoms with Gasteiger partial charge in [-0.1, -0.05) is 12.1 Å². The molecule has 1 aliphatic heterocycles. The molecule has 0 atom stereocenters. The zero-order chi connectivity index (χ0) is 12.6. The molecule has 1 aromatic carbocycles. The Labute approximate surface area is 98.6 Å². The molecule has 0 aliphatic carbocycles. The van der Waals surface area contributed by atoms with E-state index in [0.29, 0.717) is 11.1 Å². The lowest BCUT2D eigenvalue weighted by Crippen LogP contribution is -2.41. The van der Waals surface area contributed by atoms with Gasteiger partial charge >= 0.3 is 0 Å². The van der Waals surface area contributed by atoms with Gasteiger partial charge in [-0.25, -0.2) is 0 Å². The topological polar surface area (TPSA) is 57.7 Å². The van der Waals surface area contributed by atoms with E-state index in [9.17, 15) is 14.4 Å². The molecule has 5 nitrogen and oxygen atoms in total. The first-order valence-corrected chi connectivity index (χ1v) is 5.19. The van der Waals surface area contributed by atoms with E-state index in [1.807, 2.05) is 0 Å². The Hall–Kier alpha value is -2.17. The van der Waals surface area contributed by atoms with Crippen molar-refractivity contribution in [2.24, 2.45) is 0 Å². The highest BCUT2D eigenvalue weighted by atomic mass is 16.2. The van der Waals surface area contributed by atoms with Crippen LogP contribution in [0.15, 0.2) is 24.3 Å². The molecule has 0 fully saturated rings. The molecule has 0 aromatic heterocycles. The van der Waals surface area contributed by atoms with Crippen LogP contribution in [0, 0.1) is 0 Å². The molecule has 1 heterocycles. The summed E-state index contributed by atoms with van der Waals surface area (Å²) in [5, 5.41) is 0. The van der Waals surface area contributed by atoms with Crippen LogP contribution in [-0.2, 0) is 4.79 Å². The number of amides is 3. The molecule has 5 heteroatoms. The Kier molecular flexibility index (Phi) is 2.67. The van der Waals surface area contributed by atoms with Crippen LogP contribution in [0.4, 0.5) is 0 Å². The summed E-state index contributed by atoms with van der Waals surface area (Å²) >= 11 is 0. The molecule has 1 aromatic rings. The third-order valence-corrected chi connectivity index (χ3v) is 2.77. The fraction of sp³-hybridized carbons (Fsp3) is 0.250. The van der Waals surface area contributed by atoms with Gasteiger partial charge in [0.05, 0.1) is 11.1 Å². The lowest BCUT2D eigenvalue weighted by Gasteiger charge is -2.21. The summed E-state index contributed by atoms with van der Waals surface area (Å²) in [5.41, 5.74) is 0.795. The number of rotatable bonds is 2. The number of hydrogen-bond acceptors (Lipinski definition) is 3. The zero-order valence-electron chi connectivity index (χ0n) is 9.64. The summed E-state index contributed by atoms with van der Waals surface area (Å²) in [4.78, 5) is 37.4. The fourth-order valence-electron chi connectivity index (χ4n) is 1.68. The second kappa shape index (κ2) is 4.01. The van der Waals surface area contributed by atoms with Gasteiger partial charge in [0, 0.05) is 14.0 Å². The normalized spacial score (nSPS) is 13.9. The fourth-order valence-corrected chi connectivity index (χ4v) is 1.68. The van der Waals surface area contributed by atoms with Crippen molar-refractivity contribution in [1.29, 1.82) is 0 Å². The largest absolute Gasteiger partial charge is 0.328 e. The van der Waals surface area contributed by atoms with Crippen molar-refractivity contribution >= 4 is 17.7 Å². The van der Waals surface area contributed by atoms with Crippen molar-refractivity contribution in [3.05, 3.63) is 35.4 Å². The highest BCUT2D eigenvalue weighted by Gasteiger charge is 2.35. The monoisotopic (exact) mass is 232 g/mol. The Morgan fingerprint density at radius 3 is 2.06 bits per heavy atom. The maximum absolute atomic E-state index is 11.9. The van der Waals surface area contributed by atoms with Gasteiger partial charge in [-0.15, -0.1) is 0 Å². The van der Waals surface area contributed by atoms with Crippen LogP contribution in [0.2, 0.25) is 0 Å². The molecule has 0 bridgehead atoms. The van der Waals surface area contributed by atoms with Crippen molar-refractivity contribution in [2.75, 3.05) is 13.7 Å². The van der Waals surface area contributed by atoms with E-state index in [-0.39, 0.29) is 24.4 Å². The number of nitrogens with zero attached hydrogens (tertiary/aromatic N) is 2. The smallest absolute Gasteiger partial charge is 0.263 e. The molecule has 1 aliphatic rings. The number of imide groups is 1. The van der Waals surface area contributed by atoms with Crippen LogP contribution in [0.3, 0.4) is 0 Å². The van der Waals surface area contributed by atoms with Gasteiger partial charge in [0.25, 0.3) is 11.8 Å². The first-order valence-electron chi connectivity index (χ1n) is 5.19. The first-order chi connectivity index (χ1) is 8.02. The van der Waals surface area contributed by atoms with E-state index in [1.165, 1.54) is 11.8 Å². The lowest BCUT2D eigenvalue weighted by atomic mass is 10.1. The number of fused-ring (bicyclic) bond motifs is 1. The molecule has 0 unspecified atom stereocenters. The summed E-state index contributed by atoms with van der Waals surface area (Å²) < 4.78 is 0. The highest BCUT2D eigenvalue weighted by Crippen LogP contribution is 2.22. The Bertz CT molecular complexity index is 475. The Morgan fingerprint density at radius 1 is 1.18 bits per heavy atom. The second-order valence-corrected chi connectivity index (χ2v) is 3.94. The van der Waals surface area contributed by atoms with Gasteiger partial charge in [-0.05, 0) is 12.1 Å². The average molecular weight is 232 g/mol. The van der Waals surface area contributed by atoms with Gasteiger partial charge in [0.2, 0.25) is 5.91 Å². The van der Waals surface area contributed by atoms with Gasteiger partial charge in [-0.2, -0.15) is 0 Å². The Morgan fingerprint density at radius 2 is 1.65 bits per heavy atom. The maximum atomic E-state index is 11.9. The summed E-state index contributed by atoms with van der Waals surface area (Å²) in [6.45, 7) is 1.37. The SMILES string of the molecule is CC(=O)N(C)CN1C(=O)c2ccccc2C1=O. The quantitative estimate of drug-likeness (QED) is 0.706. The summed E-state index contributed by atoms with van der Waals surface area (Å²) in [6, 6.07) is 6.65. The van der Waals surface area contributed by atoms with Crippen molar-refractivity contribution in [3.8, 4) is 0 Å². The number of hydrogen-bond donors (Lipinski definition) is 0. The standard InChI is InChI=1S/C12H12N2O3/c1-8(15)13(2)7-14-11(16)9-5-3-4-6-10(9)12(14)17/h3-6H,7H2,1-2H3. The van der Waals surface area contributed by atoms with Crippen LogP contribution < -0.4 is 0 Å². The van der Waals surface area contributed by atoms with E-state index in [4.69, 9.17) is 0 Å². The van der Waals surface area contributed by atoms with E-state index in [0.717, 1.165) is 4.90 Å². The minimum absolute atomic E-state index is 0.0122. The van der Waals surface area contributed by atoms with Crippen LogP contribution in [-0.4, -0.2) is 41.2 Å². The zero-order valence-corrected chi connectivity index (χ0v) is 9.64. The van der Waals surface area contributed by atoms with Crippen molar-refractivity contribution in [1.82, 2.24) is 9.80 Å². The molecule has 0 N–H and O–H groups in total. The number of carbonyl (C=O) groups is 3. The van der Waals surface area contributed by atoms with Gasteiger partial charge < -0.3 is 4.90 Å². The molecule has 3 amide bonds. The van der Waals surface area contributed by atoms with Crippen LogP contribution in [0.1, 0.15) is 27.6 Å². The van der Waals surface area contributed by atoms with E-state index in [2.05, 4.69) is 0 Å². The number of carbonyl (C=O) groups excluding carboxylic acids is 3. The summed E-state index contributed by atoms with van der Waals surface area (Å²) in [6.07, 6.45) is 0. The highest BCUT2D eigenvalue weighted by molar-refractivity contribution is 6.21. The third-order valence-electron chi connectivity index (χ3n) is 2.77. The van der Waals surface area contributed by atoms with Crippen molar-refractivity contribution < 1.29 is 14.4 Å². The lowest BCUT2D eigenvalue weighted by molar-refractivity contribution is -0.128. The predicted molar refractivity (Wildman–Crippen MR) is 60.3 cm³/mol. The van der Waals surface area contributed by atoms with Crippen LogP contribution in [0.5, 0.6) is 0 Å². The summed E-state index contributed by atoms with van der Waals surface area (Å²) in [5.74, 6) is -0.890. The molecule has 2 rings (SSSR count). The molecule has 88 valence electrons. The molecule has 0 saturated carbocycles. The predicted octanol–water partition coefficient (Wildman–Crippen LogP) is 0.718. The van der Waals surface area contributed by atoms with E-state index in [1.54, 1.807) is 31.3 Å². The van der Waals surface area contributed by atoms with E-state index < -0.39 is 0 Å². The van der Waals surface area contributed by atoms with Crippen molar-refractivity contribution in [3.63, 3.8) is 0 Å². The third kappa shape index (κ3) is 1.80. The second-order valence-electron chi connectivity index (χ2n) is 3.94.